The third-order valence-electron chi connectivity index (χ3n) is 4.87. The minimum atomic E-state index is -1.04. The fourth-order valence-corrected chi connectivity index (χ4v) is 3.86. The maximum Gasteiger partial charge on any atom is 0.352 e. The van der Waals surface area contributed by atoms with E-state index in [9.17, 15) is 9.90 Å². The molecule has 142 valence electrons. The molecule has 0 radical (unpaired) electrons. The molecule has 0 spiro atoms. The van der Waals surface area contributed by atoms with Crippen molar-refractivity contribution < 1.29 is 14.6 Å². The molecule has 0 amide bonds. The van der Waals surface area contributed by atoms with Gasteiger partial charge in [0.2, 0.25) is 0 Å². The van der Waals surface area contributed by atoms with E-state index in [0.29, 0.717) is 28.3 Å². The number of carbonyl (C=O) groups is 1. The van der Waals surface area contributed by atoms with Crippen LogP contribution in [0.5, 0.6) is 5.75 Å². The number of aromatic nitrogens is 3. The van der Waals surface area contributed by atoms with Gasteiger partial charge in [-0.3, -0.25) is 5.10 Å². The third-order valence-corrected chi connectivity index (χ3v) is 5.18. The zero-order valence-electron chi connectivity index (χ0n) is 15.3. The Balaban J connectivity index is 2.02. The largest absolute Gasteiger partial charge is 0.497 e. The van der Waals surface area contributed by atoms with E-state index in [2.05, 4.69) is 15.2 Å². The molecule has 0 saturated carbocycles. The van der Waals surface area contributed by atoms with Crippen molar-refractivity contribution in [3.63, 3.8) is 0 Å². The number of nitrogens with zero attached hydrogens (tertiary/aromatic N) is 1. The number of carboxylic acids is 1. The Morgan fingerprint density at radius 3 is 2.75 bits per heavy atom. The summed E-state index contributed by atoms with van der Waals surface area (Å²) in [6.45, 7) is 1.99. The Kier molecular flexibility index (Phi) is 4.57. The van der Waals surface area contributed by atoms with Crippen LogP contribution in [0.25, 0.3) is 33.3 Å². The van der Waals surface area contributed by atoms with Crippen LogP contribution in [0.4, 0.5) is 0 Å². The molecule has 0 bridgehead atoms. The second kappa shape index (κ2) is 7.05. The maximum atomic E-state index is 12.0. The van der Waals surface area contributed by atoms with Crippen molar-refractivity contribution in [3.05, 3.63) is 58.9 Å². The lowest BCUT2D eigenvalue weighted by atomic mass is 9.95. The minimum absolute atomic E-state index is 0.111. The van der Waals surface area contributed by atoms with Crippen molar-refractivity contribution in [1.29, 1.82) is 0 Å². The molecule has 0 aliphatic rings. The van der Waals surface area contributed by atoms with Crippen LogP contribution in [0.3, 0.4) is 0 Å². The summed E-state index contributed by atoms with van der Waals surface area (Å²) in [5, 5.41) is 18.3. The zero-order valence-corrected chi connectivity index (χ0v) is 16.1. The fraction of sp³-hybridized carbons (Fsp3) is 0.143. The summed E-state index contributed by atoms with van der Waals surface area (Å²) in [6.07, 6.45) is 2.37. The Bertz CT molecular complexity index is 1190. The molecular formula is C21H18ClN3O3. The van der Waals surface area contributed by atoms with Gasteiger partial charge in [0.1, 0.15) is 11.4 Å². The highest BCUT2D eigenvalue weighted by Crippen LogP contribution is 2.41. The van der Waals surface area contributed by atoms with E-state index >= 15 is 0 Å². The number of rotatable bonds is 5. The molecule has 0 aliphatic heterocycles. The molecule has 6 nitrogen and oxygen atoms in total. The van der Waals surface area contributed by atoms with E-state index < -0.39 is 5.97 Å². The van der Waals surface area contributed by atoms with Gasteiger partial charge in [-0.15, -0.1) is 0 Å². The van der Waals surface area contributed by atoms with Gasteiger partial charge in [0.25, 0.3) is 0 Å². The van der Waals surface area contributed by atoms with E-state index in [0.717, 1.165) is 27.7 Å². The molecule has 2 heterocycles. The molecule has 4 rings (SSSR count). The number of nitrogens with one attached hydrogen (secondary N) is 2. The quantitative estimate of drug-likeness (QED) is 0.436. The zero-order chi connectivity index (χ0) is 19.8. The van der Waals surface area contributed by atoms with Gasteiger partial charge >= 0.3 is 5.97 Å². The molecular weight excluding hydrogens is 378 g/mol. The highest BCUT2D eigenvalue weighted by Gasteiger charge is 2.25. The molecule has 28 heavy (non-hydrogen) atoms. The number of fused-ring (bicyclic) bond motifs is 1. The summed E-state index contributed by atoms with van der Waals surface area (Å²) >= 11 is 6.48. The number of methoxy groups -OCH3 is 1. The number of carboxylic acid groups (broad SMARTS) is 1. The second-order valence-electron chi connectivity index (χ2n) is 6.37. The first-order valence-corrected chi connectivity index (χ1v) is 9.17. The van der Waals surface area contributed by atoms with E-state index in [1.807, 2.05) is 25.1 Å². The van der Waals surface area contributed by atoms with Crippen molar-refractivity contribution in [2.75, 3.05) is 7.11 Å². The molecule has 4 aromatic rings. The van der Waals surface area contributed by atoms with Gasteiger partial charge in [-0.2, -0.15) is 5.10 Å². The van der Waals surface area contributed by atoms with Gasteiger partial charge in [-0.05, 0) is 36.2 Å². The first kappa shape index (κ1) is 18.1. The van der Waals surface area contributed by atoms with Crippen LogP contribution < -0.4 is 4.74 Å². The number of hydrogen-bond acceptors (Lipinski definition) is 3. The minimum Gasteiger partial charge on any atom is -0.497 e. The van der Waals surface area contributed by atoms with Crippen molar-refractivity contribution in [1.82, 2.24) is 15.2 Å². The topological polar surface area (TPSA) is 91.0 Å². The Morgan fingerprint density at radius 2 is 2.07 bits per heavy atom. The highest BCUT2D eigenvalue weighted by molar-refractivity contribution is 6.33. The highest BCUT2D eigenvalue weighted by atomic mass is 35.5. The van der Waals surface area contributed by atoms with Crippen LogP contribution in [0.15, 0.2) is 42.6 Å². The lowest BCUT2D eigenvalue weighted by Crippen LogP contribution is -2.00. The van der Waals surface area contributed by atoms with Gasteiger partial charge in [0.15, 0.2) is 0 Å². The van der Waals surface area contributed by atoms with Crippen LogP contribution >= 0.6 is 11.6 Å². The molecule has 0 atom stereocenters. The number of aromatic carboxylic acids is 1. The first-order chi connectivity index (χ1) is 13.5. The smallest absolute Gasteiger partial charge is 0.352 e. The average molecular weight is 396 g/mol. The standard InChI is InChI=1S/C21H18ClN3O3/c1-3-12-18(14-8-7-11(28-2)9-16(14)22)20(21(26)27)24-19(12)13-5-4-6-17-15(13)10-23-25-17/h4-10,24H,3H2,1-2H3,(H,23,25)(H,26,27). The van der Waals surface area contributed by atoms with Crippen molar-refractivity contribution in [3.8, 4) is 28.1 Å². The SMILES string of the molecule is CCc1c(-c2cccc3[nH]ncc23)[nH]c(C(=O)O)c1-c1ccc(OC)cc1Cl. The number of ether oxygens (including phenoxy) is 1. The van der Waals surface area contributed by atoms with Gasteiger partial charge in [0.05, 0.1) is 29.5 Å². The van der Waals surface area contributed by atoms with Crippen molar-refractivity contribution >= 4 is 28.5 Å². The predicted molar refractivity (Wildman–Crippen MR) is 109 cm³/mol. The second-order valence-corrected chi connectivity index (χ2v) is 6.78. The van der Waals surface area contributed by atoms with E-state index in [1.165, 1.54) is 0 Å². The maximum absolute atomic E-state index is 12.0. The van der Waals surface area contributed by atoms with Crippen LogP contribution in [-0.2, 0) is 6.42 Å². The van der Waals surface area contributed by atoms with Crippen molar-refractivity contribution in [2.24, 2.45) is 0 Å². The van der Waals surface area contributed by atoms with Crippen molar-refractivity contribution in [2.45, 2.75) is 13.3 Å². The normalized spacial score (nSPS) is 11.1. The number of halogens is 1. The van der Waals surface area contributed by atoms with E-state index in [1.54, 1.807) is 31.5 Å². The van der Waals surface area contributed by atoms with E-state index in [-0.39, 0.29) is 5.69 Å². The summed E-state index contributed by atoms with van der Waals surface area (Å²) in [7, 11) is 1.56. The Morgan fingerprint density at radius 1 is 1.25 bits per heavy atom. The summed E-state index contributed by atoms with van der Waals surface area (Å²) in [5.74, 6) is -0.426. The van der Waals surface area contributed by atoms with Gasteiger partial charge in [0, 0.05) is 22.1 Å². The molecule has 2 aromatic heterocycles. The predicted octanol–water partition coefficient (Wildman–Crippen LogP) is 5.15. The first-order valence-electron chi connectivity index (χ1n) is 8.79. The number of aromatic amines is 2. The summed E-state index contributed by atoms with van der Waals surface area (Å²) < 4.78 is 5.22. The van der Waals surface area contributed by atoms with Gasteiger partial charge < -0.3 is 14.8 Å². The Hall–Kier alpha value is -3.25. The van der Waals surface area contributed by atoms with Gasteiger partial charge in [-0.1, -0.05) is 30.7 Å². The molecule has 3 N–H and O–H groups in total. The molecule has 0 aliphatic carbocycles. The van der Waals surface area contributed by atoms with Gasteiger partial charge in [-0.25, -0.2) is 4.79 Å². The average Bonchev–Trinajstić information content (AvgIpc) is 3.32. The summed E-state index contributed by atoms with van der Waals surface area (Å²) in [5.41, 5.74) is 4.78. The molecule has 0 fully saturated rings. The molecule has 0 saturated heterocycles. The van der Waals surface area contributed by atoms with E-state index in [4.69, 9.17) is 16.3 Å². The molecule has 7 heteroatoms. The monoisotopic (exact) mass is 395 g/mol. The molecule has 2 aromatic carbocycles. The van der Waals surface area contributed by atoms with Crippen LogP contribution in [0, 0.1) is 0 Å². The lowest BCUT2D eigenvalue weighted by Gasteiger charge is -2.10. The fourth-order valence-electron chi connectivity index (χ4n) is 3.59. The number of hydrogen-bond donors (Lipinski definition) is 3. The van der Waals surface area contributed by atoms with Crippen LogP contribution in [0.2, 0.25) is 5.02 Å². The number of H-pyrrole nitrogens is 2. The number of benzene rings is 2. The lowest BCUT2D eigenvalue weighted by molar-refractivity contribution is 0.0692. The van der Waals surface area contributed by atoms with Crippen LogP contribution in [-0.4, -0.2) is 33.4 Å². The summed E-state index contributed by atoms with van der Waals surface area (Å²) in [4.78, 5) is 15.2. The molecule has 0 unspecified atom stereocenters. The summed E-state index contributed by atoms with van der Waals surface area (Å²) in [6, 6.07) is 11.0. The Labute approximate surface area is 166 Å². The van der Waals surface area contributed by atoms with Crippen LogP contribution in [0.1, 0.15) is 23.0 Å². The third kappa shape index (κ3) is 2.82.